The van der Waals surface area contributed by atoms with Gasteiger partial charge in [0.2, 0.25) is 0 Å². The summed E-state index contributed by atoms with van der Waals surface area (Å²) in [6, 6.07) is 2.09. The number of nitrogens with two attached hydrogens (primary N) is 1. The number of hydrogen-bond acceptors (Lipinski definition) is 4. The molecule has 0 atom stereocenters. The number of rotatable bonds is 4. The highest BCUT2D eigenvalue weighted by atomic mass is 15.4. The predicted molar refractivity (Wildman–Crippen MR) is 65.5 cm³/mol. The monoisotopic (exact) mass is 234 g/mol. The molecule has 2 N–H and O–H groups in total. The van der Waals surface area contributed by atoms with E-state index in [4.69, 9.17) is 5.73 Å². The summed E-state index contributed by atoms with van der Waals surface area (Å²) in [6.45, 7) is 4.81. The first-order chi connectivity index (χ1) is 8.15. The van der Waals surface area contributed by atoms with Gasteiger partial charge in [0, 0.05) is 7.05 Å². The summed E-state index contributed by atoms with van der Waals surface area (Å²) in [4.78, 5) is 0. The maximum absolute atomic E-state index is 5.76. The molecule has 0 aromatic carbocycles. The third-order valence-electron chi connectivity index (χ3n) is 2.90. The molecule has 2 aromatic heterocycles. The van der Waals surface area contributed by atoms with Gasteiger partial charge in [-0.25, -0.2) is 4.68 Å². The Kier molecular flexibility index (Phi) is 3.12. The molecule has 0 radical (unpaired) electrons. The van der Waals surface area contributed by atoms with Gasteiger partial charge in [0.15, 0.2) is 5.82 Å². The third kappa shape index (κ3) is 2.15. The SMILES string of the molecule is CCc1cc(Cn2nnc(N)c2CC)n(C)n1. The molecule has 0 spiro atoms. The van der Waals surface area contributed by atoms with Gasteiger partial charge in [-0.3, -0.25) is 4.68 Å². The van der Waals surface area contributed by atoms with Crippen molar-refractivity contribution < 1.29 is 0 Å². The molecule has 2 rings (SSSR count). The highest BCUT2D eigenvalue weighted by Crippen LogP contribution is 2.11. The van der Waals surface area contributed by atoms with Gasteiger partial charge < -0.3 is 5.73 Å². The summed E-state index contributed by atoms with van der Waals surface area (Å²) in [5, 5.41) is 12.4. The number of aromatic nitrogens is 5. The van der Waals surface area contributed by atoms with Crippen molar-refractivity contribution >= 4 is 5.82 Å². The van der Waals surface area contributed by atoms with Crippen LogP contribution in [0.25, 0.3) is 0 Å². The van der Waals surface area contributed by atoms with E-state index in [1.165, 1.54) is 0 Å². The molecule has 0 aliphatic heterocycles. The van der Waals surface area contributed by atoms with Crippen molar-refractivity contribution in [3.63, 3.8) is 0 Å². The molecule has 2 heterocycles. The van der Waals surface area contributed by atoms with E-state index in [-0.39, 0.29) is 0 Å². The molecular formula is C11H18N6. The van der Waals surface area contributed by atoms with Crippen molar-refractivity contribution in [2.45, 2.75) is 33.2 Å². The maximum atomic E-state index is 5.76. The minimum absolute atomic E-state index is 0.519. The van der Waals surface area contributed by atoms with Crippen LogP contribution in [0.3, 0.4) is 0 Å². The molecule has 92 valence electrons. The van der Waals surface area contributed by atoms with Gasteiger partial charge in [-0.2, -0.15) is 5.10 Å². The largest absolute Gasteiger partial charge is 0.381 e. The van der Waals surface area contributed by atoms with Crippen molar-refractivity contribution in [1.82, 2.24) is 24.8 Å². The number of hydrogen-bond donors (Lipinski definition) is 1. The molecule has 6 heteroatoms. The fourth-order valence-corrected chi connectivity index (χ4v) is 1.88. The lowest BCUT2D eigenvalue weighted by molar-refractivity contribution is 0.580. The predicted octanol–water partition coefficient (Wildman–Crippen LogP) is 0.767. The molecule has 17 heavy (non-hydrogen) atoms. The zero-order valence-corrected chi connectivity index (χ0v) is 10.5. The van der Waals surface area contributed by atoms with Crippen LogP contribution < -0.4 is 5.73 Å². The van der Waals surface area contributed by atoms with Crippen LogP contribution in [0.15, 0.2) is 6.07 Å². The molecular weight excluding hydrogens is 216 g/mol. The van der Waals surface area contributed by atoms with E-state index in [0.717, 1.165) is 29.9 Å². The molecule has 0 saturated heterocycles. The van der Waals surface area contributed by atoms with E-state index in [2.05, 4.69) is 28.4 Å². The molecule has 0 aliphatic carbocycles. The molecule has 0 amide bonds. The van der Waals surface area contributed by atoms with Gasteiger partial charge in [-0.1, -0.05) is 19.1 Å². The average Bonchev–Trinajstić information content (AvgIpc) is 2.84. The molecule has 0 unspecified atom stereocenters. The Morgan fingerprint density at radius 1 is 1.29 bits per heavy atom. The summed E-state index contributed by atoms with van der Waals surface area (Å²) in [5.41, 5.74) is 8.94. The topological polar surface area (TPSA) is 74.6 Å². The van der Waals surface area contributed by atoms with Gasteiger partial charge in [0.25, 0.3) is 0 Å². The van der Waals surface area contributed by atoms with Crippen LogP contribution in [0, 0.1) is 0 Å². The van der Waals surface area contributed by atoms with E-state index in [9.17, 15) is 0 Å². The van der Waals surface area contributed by atoms with Crippen molar-refractivity contribution in [2.24, 2.45) is 7.05 Å². The van der Waals surface area contributed by atoms with Crippen molar-refractivity contribution in [2.75, 3.05) is 5.73 Å². The maximum Gasteiger partial charge on any atom is 0.169 e. The Labute approximate surface area is 100 Å². The first-order valence-corrected chi connectivity index (χ1v) is 5.85. The smallest absolute Gasteiger partial charge is 0.169 e. The number of nitrogens with zero attached hydrogens (tertiary/aromatic N) is 5. The van der Waals surface area contributed by atoms with Crippen LogP contribution in [0.2, 0.25) is 0 Å². The number of nitrogen functional groups attached to an aromatic ring is 1. The fourth-order valence-electron chi connectivity index (χ4n) is 1.88. The van der Waals surface area contributed by atoms with Gasteiger partial charge in [-0.15, -0.1) is 5.10 Å². The third-order valence-corrected chi connectivity index (χ3v) is 2.90. The zero-order chi connectivity index (χ0) is 12.4. The Balaban J connectivity index is 2.27. The minimum atomic E-state index is 0.519. The van der Waals surface area contributed by atoms with Crippen LogP contribution in [0.1, 0.15) is 30.9 Å². The van der Waals surface area contributed by atoms with E-state index in [0.29, 0.717) is 12.4 Å². The molecule has 0 aliphatic rings. The second-order valence-electron chi connectivity index (χ2n) is 4.04. The van der Waals surface area contributed by atoms with Crippen LogP contribution in [-0.4, -0.2) is 24.8 Å². The second-order valence-corrected chi connectivity index (χ2v) is 4.04. The van der Waals surface area contributed by atoms with E-state index in [1.807, 2.05) is 23.3 Å². The second kappa shape index (κ2) is 4.57. The summed E-state index contributed by atoms with van der Waals surface area (Å²) in [7, 11) is 1.94. The Morgan fingerprint density at radius 2 is 2.06 bits per heavy atom. The number of anilines is 1. The summed E-state index contributed by atoms with van der Waals surface area (Å²) >= 11 is 0. The highest BCUT2D eigenvalue weighted by molar-refractivity contribution is 5.33. The fraction of sp³-hybridized carbons (Fsp3) is 0.545. The molecule has 6 nitrogen and oxygen atoms in total. The number of aryl methyl sites for hydroxylation is 2. The minimum Gasteiger partial charge on any atom is -0.381 e. The first-order valence-electron chi connectivity index (χ1n) is 5.85. The van der Waals surface area contributed by atoms with Crippen LogP contribution in [0.5, 0.6) is 0 Å². The average molecular weight is 234 g/mol. The molecule has 0 bridgehead atoms. The quantitative estimate of drug-likeness (QED) is 0.847. The van der Waals surface area contributed by atoms with Crippen LogP contribution in [-0.2, 0) is 26.4 Å². The van der Waals surface area contributed by atoms with Gasteiger partial charge in [0.1, 0.15) is 0 Å². The Morgan fingerprint density at radius 3 is 2.65 bits per heavy atom. The van der Waals surface area contributed by atoms with Gasteiger partial charge >= 0.3 is 0 Å². The van der Waals surface area contributed by atoms with Crippen molar-refractivity contribution in [3.05, 3.63) is 23.1 Å². The van der Waals surface area contributed by atoms with Crippen molar-refractivity contribution in [3.8, 4) is 0 Å². The Hall–Kier alpha value is -1.85. The molecule has 0 fully saturated rings. The normalized spacial score (nSPS) is 11.0. The Bertz CT molecular complexity index is 510. The molecule has 0 saturated carbocycles. The van der Waals surface area contributed by atoms with Gasteiger partial charge in [0.05, 0.1) is 23.6 Å². The van der Waals surface area contributed by atoms with E-state index in [1.54, 1.807) is 0 Å². The van der Waals surface area contributed by atoms with Gasteiger partial charge in [-0.05, 0) is 18.9 Å². The summed E-state index contributed by atoms with van der Waals surface area (Å²) in [5.74, 6) is 0.519. The lowest BCUT2D eigenvalue weighted by Gasteiger charge is -2.04. The summed E-state index contributed by atoms with van der Waals surface area (Å²) < 4.78 is 3.72. The first kappa shape index (κ1) is 11.6. The molecule has 2 aromatic rings. The standard InChI is InChI=1S/C11H18N6/c1-4-8-6-9(16(3)14-8)7-17-10(5-2)11(12)13-15-17/h6H,4-5,7,12H2,1-3H3. The summed E-state index contributed by atoms with van der Waals surface area (Å²) in [6.07, 6.45) is 1.77. The highest BCUT2D eigenvalue weighted by Gasteiger charge is 2.11. The van der Waals surface area contributed by atoms with Crippen LogP contribution >= 0.6 is 0 Å². The van der Waals surface area contributed by atoms with Crippen molar-refractivity contribution in [1.29, 1.82) is 0 Å². The van der Waals surface area contributed by atoms with E-state index >= 15 is 0 Å². The lowest BCUT2D eigenvalue weighted by Crippen LogP contribution is -2.10. The van der Waals surface area contributed by atoms with E-state index < -0.39 is 0 Å². The lowest BCUT2D eigenvalue weighted by atomic mass is 10.3. The van der Waals surface area contributed by atoms with Crippen LogP contribution in [0.4, 0.5) is 5.82 Å². The zero-order valence-electron chi connectivity index (χ0n) is 10.5.